The number of nitrogens with one attached hydrogen (secondary N) is 1. The number of aliphatic hydroxyl groups excluding tert-OH is 1. The number of aliphatic hydroxyl groups is 1. The van der Waals surface area contributed by atoms with Crippen molar-refractivity contribution in [3.8, 4) is 0 Å². The van der Waals surface area contributed by atoms with Gasteiger partial charge in [-0.25, -0.2) is 9.78 Å². The van der Waals surface area contributed by atoms with Crippen LogP contribution in [-0.4, -0.2) is 61.6 Å². The summed E-state index contributed by atoms with van der Waals surface area (Å²) in [7, 11) is 0. The molecule has 1 aliphatic carbocycles. The number of hydrogen-bond acceptors (Lipinski definition) is 8. The predicted molar refractivity (Wildman–Crippen MR) is 137 cm³/mol. The quantitative estimate of drug-likeness (QED) is 0.230. The third kappa shape index (κ3) is 5.54. The van der Waals surface area contributed by atoms with Crippen LogP contribution in [0, 0.1) is 0 Å². The number of carbonyl (C=O) groups excluding carboxylic acids is 1. The van der Waals surface area contributed by atoms with Crippen LogP contribution in [0.4, 0.5) is 19.0 Å². The number of esters is 1. The lowest BCUT2D eigenvalue weighted by Crippen LogP contribution is -2.43. The van der Waals surface area contributed by atoms with Crippen molar-refractivity contribution in [2.45, 2.75) is 42.8 Å². The van der Waals surface area contributed by atoms with Gasteiger partial charge >= 0.3 is 12.1 Å². The van der Waals surface area contributed by atoms with E-state index < -0.39 is 36.4 Å². The van der Waals surface area contributed by atoms with Gasteiger partial charge in [0.05, 0.1) is 12.4 Å². The van der Waals surface area contributed by atoms with E-state index in [-0.39, 0.29) is 23.3 Å². The molecule has 4 aromatic rings. The maximum atomic E-state index is 12.7. The molecule has 0 aliphatic heterocycles. The summed E-state index contributed by atoms with van der Waals surface area (Å²) < 4.78 is 44.1. The number of alkyl halides is 3. The molecule has 0 spiro atoms. The molecule has 204 valence electrons. The summed E-state index contributed by atoms with van der Waals surface area (Å²) in [6.45, 7) is 0.440. The maximum Gasteiger partial charge on any atom is 0.490 e. The summed E-state index contributed by atoms with van der Waals surface area (Å²) in [5, 5.41) is 14.0. The third-order valence-corrected chi connectivity index (χ3v) is 6.94. The molecular weight excluding hydrogens is 537 g/mol. The van der Waals surface area contributed by atoms with Crippen LogP contribution in [0.25, 0.3) is 11.2 Å². The highest BCUT2D eigenvalue weighted by atomic mass is 35.5. The average molecular weight is 561 g/mol. The minimum Gasteiger partial charge on any atom is -0.451 e. The fraction of sp³-hybridized carbons (Fsp3) is 0.308. The molecule has 4 N–H and O–H groups in total. The number of rotatable bonds is 7. The van der Waals surface area contributed by atoms with E-state index in [2.05, 4.69) is 25.0 Å². The first-order valence-electron chi connectivity index (χ1n) is 12.1. The summed E-state index contributed by atoms with van der Waals surface area (Å²) >= 11 is 6.24. The predicted octanol–water partition coefficient (Wildman–Crippen LogP) is 3.83. The monoisotopic (exact) mass is 560 g/mol. The van der Waals surface area contributed by atoms with Crippen LogP contribution in [0.1, 0.15) is 29.5 Å². The molecule has 0 radical (unpaired) electrons. The molecule has 2 aromatic heterocycles. The van der Waals surface area contributed by atoms with Crippen LogP contribution in [0.3, 0.4) is 0 Å². The molecule has 0 amide bonds. The van der Waals surface area contributed by atoms with E-state index in [1.807, 2.05) is 60.7 Å². The van der Waals surface area contributed by atoms with Crippen LogP contribution in [0.2, 0.25) is 5.28 Å². The number of nitrogens with two attached hydrogens (primary N) is 1. The van der Waals surface area contributed by atoms with Crippen molar-refractivity contribution in [3.63, 3.8) is 0 Å². The van der Waals surface area contributed by atoms with Crippen molar-refractivity contribution in [3.05, 3.63) is 83.4 Å². The largest absolute Gasteiger partial charge is 0.490 e. The lowest BCUT2D eigenvalue weighted by Gasteiger charge is -2.22. The number of nitrogens with zero attached hydrogens (tertiary/aromatic N) is 4. The van der Waals surface area contributed by atoms with Crippen LogP contribution in [-0.2, 0) is 9.53 Å². The van der Waals surface area contributed by atoms with Crippen LogP contribution in [0.5, 0.6) is 0 Å². The molecule has 0 saturated heterocycles. The molecule has 5 rings (SSSR count). The minimum atomic E-state index is -5.21. The molecule has 4 unspecified atom stereocenters. The van der Waals surface area contributed by atoms with E-state index >= 15 is 0 Å². The maximum absolute atomic E-state index is 12.7. The van der Waals surface area contributed by atoms with Gasteiger partial charge in [-0.1, -0.05) is 60.7 Å². The second-order valence-corrected chi connectivity index (χ2v) is 9.58. The molecule has 4 atom stereocenters. The third-order valence-electron chi connectivity index (χ3n) is 6.77. The molecule has 13 heteroatoms. The van der Waals surface area contributed by atoms with Gasteiger partial charge in [0.1, 0.15) is 12.2 Å². The molecule has 2 aromatic carbocycles. The number of fused-ring (bicyclic) bond motifs is 1. The first-order valence-corrected chi connectivity index (χ1v) is 12.5. The first-order chi connectivity index (χ1) is 18.6. The van der Waals surface area contributed by atoms with E-state index in [1.165, 1.54) is 10.9 Å². The van der Waals surface area contributed by atoms with Crippen molar-refractivity contribution in [2.24, 2.45) is 5.73 Å². The number of benzene rings is 2. The zero-order valence-electron chi connectivity index (χ0n) is 20.3. The topological polar surface area (TPSA) is 128 Å². The van der Waals surface area contributed by atoms with Gasteiger partial charge in [0.15, 0.2) is 17.0 Å². The van der Waals surface area contributed by atoms with Crippen molar-refractivity contribution in [1.29, 1.82) is 0 Å². The Kier molecular flexibility index (Phi) is 7.43. The highest BCUT2D eigenvalue weighted by molar-refractivity contribution is 6.28. The Bertz CT molecular complexity index is 1410. The molecule has 0 bridgehead atoms. The fourth-order valence-electron chi connectivity index (χ4n) is 4.90. The summed E-state index contributed by atoms with van der Waals surface area (Å²) in [5.41, 5.74) is 8.70. The van der Waals surface area contributed by atoms with E-state index in [9.17, 15) is 23.1 Å². The molecule has 1 fully saturated rings. The van der Waals surface area contributed by atoms with E-state index in [0.717, 1.165) is 11.1 Å². The Morgan fingerprint density at radius 2 is 1.74 bits per heavy atom. The van der Waals surface area contributed by atoms with Crippen molar-refractivity contribution in [1.82, 2.24) is 19.5 Å². The summed E-state index contributed by atoms with van der Waals surface area (Å²) in [6, 6.07) is 18.0. The molecule has 39 heavy (non-hydrogen) atoms. The summed E-state index contributed by atoms with van der Waals surface area (Å²) in [4.78, 5) is 24.3. The summed E-state index contributed by atoms with van der Waals surface area (Å²) in [6.07, 6.45) is -6.92. The number of hydrogen-bond donors (Lipinski definition) is 3. The van der Waals surface area contributed by atoms with Crippen molar-refractivity contribution >= 4 is 34.6 Å². The Balaban J connectivity index is 1.42. The number of anilines is 1. The van der Waals surface area contributed by atoms with Crippen LogP contribution in [0.15, 0.2) is 67.0 Å². The normalized spacial score (nSPS) is 21.4. The van der Waals surface area contributed by atoms with Gasteiger partial charge in [-0.2, -0.15) is 23.1 Å². The second-order valence-electron chi connectivity index (χ2n) is 9.25. The fourth-order valence-corrected chi connectivity index (χ4v) is 5.07. The second kappa shape index (κ2) is 10.8. The van der Waals surface area contributed by atoms with E-state index in [0.29, 0.717) is 17.9 Å². The molecule has 1 aliphatic rings. The summed E-state index contributed by atoms with van der Waals surface area (Å²) in [5.74, 6) is -2.10. The SMILES string of the molecule is NC1CC(n2cnc3c(NCC(c4ccccc4)c4ccccc4)nc(Cl)nc32)C(O)C1OC(=O)C(F)(F)F. The number of halogens is 4. The number of carbonyl (C=O) groups is 1. The Morgan fingerprint density at radius 1 is 1.13 bits per heavy atom. The molecular formula is C26H24ClF3N6O3. The van der Waals surface area contributed by atoms with Gasteiger partial charge in [-0.3, -0.25) is 0 Å². The smallest absolute Gasteiger partial charge is 0.451 e. The van der Waals surface area contributed by atoms with Gasteiger partial charge < -0.3 is 25.5 Å². The van der Waals surface area contributed by atoms with Gasteiger partial charge in [0.2, 0.25) is 5.28 Å². The van der Waals surface area contributed by atoms with Crippen LogP contribution >= 0.6 is 11.6 Å². The zero-order chi connectivity index (χ0) is 27.7. The van der Waals surface area contributed by atoms with Crippen molar-refractivity contribution < 1.29 is 27.8 Å². The van der Waals surface area contributed by atoms with Crippen molar-refractivity contribution in [2.75, 3.05) is 11.9 Å². The molecule has 2 heterocycles. The highest BCUT2D eigenvalue weighted by Crippen LogP contribution is 2.36. The van der Waals surface area contributed by atoms with Gasteiger partial charge in [-0.15, -0.1) is 0 Å². The minimum absolute atomic E-state index is 0.0108. The standard InChI is InChI=1S/C26H24ClF3N6O3/c27-25-34-22(32-12-16(14-7-3-1-4-8-14)15-9-5-2-6-10-15)19-23(35-25)36(13-33-19)18-11-17(31)21(20(18)37)39-24(38)26(28,29)30/h1-10,13,16-18,20-21,37H,11-12,31H2,(H,32,34,35). The number of ether oxygens (including phenoxy) is 1. The highest BCUT2D eigenvalue weighted by Gasteiger charge is 2.49. The Morgan fingerprint density at radius 3 is 2.33 bits per heavy atom. The zero-order valence-corrected chi connectivity index (χ0v) is 21.0. The Hall–Kier alpha value is -3.74. The van der Waals surface area contributed by atoms with Gasteiger partial charge in [0.25, 0.3) is 0 Å². The van der Waals surface area contributed by atoms with Crippen LogP contribution < -0.4 is 11.1 Å². The molecule has 9 nitrogen and oxygen atoms in total. The average Bonchev–Trinajstić information content (AvgIpc) is 3.45. The molecule has 1 saturated carbocycles. The lowest BCUT2D eigenvalue weighted by molar-refractivity contribution is -0.208. The first kappa shape index (κ1) is 26.9. The number of aromatic nitrogens is 4. The van der Waals surface area contributed by atoms with Gasteiger partial charge in [-0.05, 0) is 29.1 Å². The van der Waals surface area contributed by atoms with Gasteiger partial charge in [0, 0.05) is 18.5 Å². The van der Waals surface area contributed by atoms with E-state index in [1.54, 1.807) is 0 Å². The lowest BCUT2D eigenvalue weighted by atomic mass is 9.91. The Labute approximate surface area is 225 Å². The van der Waals surface area contributed by atoms with E-state index in [4.69, 9.17) is 17.3 Å². The number of imidazole rings is 1.